The van der Waals surface area contributed by atoms with E-state index in [-0.39, 0.29) is 41.3 Å². The zero-order valence-corrected chi connectivity index (χ0v) is 20.1. The third-order valence-electron chi connectivity index (χ3n) is 4.87. The number of carbonyl (C=O) groups is 1. The number of hydrogen-bond acceptors (Lipinski definition) is 6. The summed E-state index contributed by atoms with van der Waals surface area (Å²) in [7, 11) is 1.83. The van der Waals surface area contributed by atoms with Crippen LogP contribution in [0.1, 0.15) is 32.8 Å². The van der Waals surface area contributed by atoms with E-state index in [1.807, 2.05) is 11.9 Å². The Labute approximate surface area is 199 Å². The van der Waals surface area contributed by atoms with Gasteiger partial charge in [0.1, 0.15) is 16.8 Å². The summed E-state index contributed by atoms with van der Waals surface area (Å²) in [6, 6.07) is 0.975. The molecule has 0 aliphatic carbocycles. The van der Waals surface area contributed by atoms with Crippen molar-refractivity contribution in [3.8, 4) is 11.8 Å². The Morgan fingerprint density at radius 1 is 1.35 bits per heavy atom. The quantitative estimate of drug-likeness (QED) is 0.370. The van der Waals surface area contributed by atoms with Crippen LogP contribution >= 0.6 is 11.8 Å². The first-order chi connectivity index (χ1) is 15.8. The number of aromatic nitrogens is 2. The number of amides is 1. The zero-order valence-electron chi connectivity index (χ0n) is 19.3. The van der Waals surface area contributed by atoms with Crippen LogP contribution in [0.3, 0.4) is 0 Å². The number of ether oxygens (including phenoxy) is 1. The van der Waals surface area contributed by atoms with Gasteiger partial charge in [0.15, 0.2) is 5.82 Å². The molecule has 0 spiro atoms. The minimum Gasteiger partial charge on any atom is -0.444 e. The van der Waals surface area contributed by atoms with Gasteiger partial charge in [-0.1, -0.05) is 11.8 Å². The Bertz CT molecular complexity index is 1090. The Morgan fingerprint density at radius 2 is 2.09 bits per heavy atom. The second kappa shape index (κ2) is 10.3. The number of alkyl halides is 4. The smallest absolute Gasteiger partial charge is 0.444 e. The topological polar surface area (TPSA) is 70.9 Å². The average molecular weight is 502 g/mol. The van der Waals surface area contributed by atoms with Gasteiger partial charge in [-0.2, -0.15) is 13.2 Å². The summed E-state index contributed by atoms with van der Waals surface area (Å²) in [6.07, 6.45) is 1.48. The summed E-state index contributed by atoms with van der Waals surface area (Å²) in [5.41, 5.74) is -4.76. The van der Waals surface area contributed by atoms with E-state index in [1.54, 1.807) is 20.8 Å². The van der Waals surface area contributed by atoms with Crippen molar-refractivity contribution in [1.29, 1.82) is 0 Å². The van der Waals surface area contributed by atoms with Crippen LogP contribution < -0.4 is 10.6 Å². The molecular weight excluding hydrogens is 474 g/mol. The molecular formula is C22H27F4N5O2S. The number of thioether (sulfide) groups is 1. The minimum atomic E-state index is -4.55. The Morgan fingerprint density at radius 3 is 2.74 bits per heavy atom. The van der Waals surface area contributed by atoms with Crippen molar-refractivity contribution in [2.24, 2.45) is 0 Å². The summed E-state index contributed by atoms with van der Waals surface area (Å²) in [4.78, 5) is 17.9. The van der Waals surface area contributed by atoms with Gasteiger partial charge in [0, 0.05) is 37.2 Å². The van der Waals surface area contributed by atoms with Gasteiger partial charge in [0.2, 0.25) is 0 Å². The standard InChI is InChI=1S/C22H27F4N5O2S/c1-21(2,3)33-20(32)28-8-5-6-14-12-17-18(29-16-7-10-30(4)13-15(16)23)27-9-11-31(17)19(14)34-22(24,25)26/h9,11-12,15-16H,7-8,10,13H2,1-4H3,(H,27,29)(H,28,32)/t15-,16+/m0/s1. The van der Waals surface area contributed by atoms with Crippen LogP contribution in [0.2, 0.25) is 0 Å². The van der Waals surface area contributed by atoms with Crippen molar-refractivity contribution in [1.82, 2.24) is 19.6 Å². The van der Waals surface area contributed by atoms with E-state index in [4.69, 9.17) is 4.74 Å². The molecule has 3 rings (SSSR count). The highest BCUT2D eigenvalue weighted by molar-refractivity contribution is 8.00. The number of halogens is 4. The van der Waals surface area contributed by atoms with Crippen molar-refractivity contribution in [2.75, 3.05) is 32.0 Å². The van der Waals surface area contributed by atoms with Crippen molar-refractivity contribution >= 4 is 29.2 Å². The normalized spacial score (nSPS) is 19.4. The Balaban J connectivity index is 1.87. The van der Waals surface area contributed by atoms with E-state index in [0.29, 0.717) is 18.5 Å². The molecule has 1 saturated heterocycles. The lowest BCUT2D eigenvalue weighted by Crippen LogP contribution is -2.46. The second-order valence-corrected chi connectivity index (χ2v) is 9.97. The molecule has 2 aromatic heterocycles. The molecule has 2 atom stereocenters. The van der Waals surface area contributed by atoms with Crippen molar-refractivity contribution in [3.05, 3.63) is 24.0 Å². The average Bonchev–Trinajstić information content (AvgIpc) is 3.03. The van der Waals surface area contributed by atoms with Crippen LogP contribution in [-0.4, -0.2) is 70.4 Å². The monoisotopic (exact) mass is 501 g/mol. The maximum atomic E-state index is 14.5. The van der Waals surface area contributed by atoms with Gasteiger partial charge in [-0.3, -0.25) is 0 Å². The van der Waals surface area contributed by atoms with Gasteiger partial charge in [-0.05, 0) is 40.3 Å². The third kappa shape index (κ3) is 7.17. The molecule has 1 aliphatic heterocycles. The molecule has 0 unspecified atom stereocenters. The van der Waals surface area contributed by atoms with Crippen molar-refractivity contribution in [3.63, 3.8) is 0 Å². The lowest BCUT2D eigenvalue weighted by molar-refractivity contribution is -0.0330. The van der Waals surface area contributed by atoms with Crippen LogP contribution in [0.25, 0.3) is 5.52 Å². The number of piperidine rings is 1. The summed E-state index contributed by atoms with van der Waals surface area (Å²) >= 11 is -0.297. The van der Waals surface area contributed by atoms with Crippen LogP contribution in [0, 0.1) is 11.8 Å². The van der Waals surface area contributed by atoms with Crippen molar-refractivity contribution in [2.45, 2.75) is 55.5 Å². The number of carbonyl (C=O) groups excluding carboxylic acids is 1. The van der Waals surface area contributed by atoms with E-state index in [2.05, 4.69) is 27.5 Å². The lowest BCUT2D eigenvalue weighted by Gasteiger charge is -2.33. The van der Waals surface area contributed by atoms with Crippen LogP contribution in [0.4, 0.5) is 28.2 Å². The van der Waals surface area contributed by atoms with Gasteiger partial charge in [0.25, 0.3) is 0 Å². The van der Waals surface area contributed by atoms with Gasteiger partial charge >= 0.3 is 11.6 Å². The number of hydrogen-bond donors (Lipinski definition) is 2. The van der Waals surface area contributed by atoms with E-state index in [0.717, 1.165) is 0 Å². The molecule has 7 nitrogen and oxygen atoms in total. The molecule has 0 radical (unpaired) electrons. The van der Waals surface area contributed by atoms with E-state index in [9.17, 15) is 22.4 Å². The molecule has 1 amide bonds. The van der Waals surface area contributed by atoms with E-state index < -0.39 is 29.4 Å². The highest BCUT2D eigenvalue weighted by Crippen LogP contribution is 2.40. The van der Waals surface area contributed by atoms with Gasteiger partial charge < -0.3 is 24.7 Å². The summed E-state index contributed by atoms with van der Waals surface area (Å²) < 4.78 is 60.8. The fourth-order valence-electron chi connectivity index (χ4n) is 3.46. The van der Waals surface area contributed by atoms with Gasteiger partial charge in [0.05, 0.1) is 23.7 Å². The Kier molecular flexibility index (Phi) is 7.88. The molecule has 0 saturated carbocycles. The molecule has 0 bridgehead atoms. The Hall–Kier alpha value is -2.65. The van der Waals surface area contributed by atoms with Crippen molar-refractivity contribution < 1.29 is 27.1 Å². The summed E-state index contributed by atoms with van der Waals surface area (Å²) in [6.45, 7) is 5.98. The molecule has 34 heavy (non-hydrogen) atoms. The molecule has 2 aromatic rings. The highest BCUT2D eigenvalue weighted by Gasteiger charge is 2.33. The molecule has 0 aromatic carbocycles. The first-order valence-corrected chi connectivity index (χ1v) is 11.4. The third-order valence-corrected chi connectivity index (χ3v) is 5.72. The maximum absolute atomic E-state index is 14.5. The summed E-state index contributed by atoms with van der Waals surface area (Å²) in [5.74, 6) is 5.63. The number of nitrogens with one attached hydrogen (secondary N) is 2. The number of alkyl carbamates (subject to hydrolysis) is 1. The number of fused-ring (bicyclic) bond motifs is 1. The van der Waals surface area contributed by atoms with Crippen LogP contribution in [-0.2, 0) is 4.74 Å². The number of rotatable bonds is 4. The molecule has 1 fully saturated rings. The van der Waals surface area contributed by atoms with Gasteiger partial charge in [-0.15, -0.1) is 0 Å². The predicted octanol–water partition coefficient (Wildman–Crippen LogP) is 4.28. The fourth-order valence-corrected chi connectivity index (χ4v) is 4.15. The summed E-state index contributed by atoms with van der Waals surface area (Å²) in [5, 5.41) is 5.36. The maximum Gasteiger partial charge on any atom is 0.447 e. The first kappa shape index (κ1) is 26.0. The molecule has 1 aliphatic rings. The minimum absolute atomic E-state index is 0.111. The lowest BCUT2D eigenvalue weighted by atomic mass is 10.0. The SMILES string of the molecule is CN1CC[C@@H](Nc2nccn3c(SC(F)(F)F)c(C#CCNC(=O)OC(C)(C)C)cc23)[C@@H](F)C1. The molecule has 12 heteroatoms. The fraction of sp³-hybridized carbons (Fsp3) is 0.545. The molecule has 2 N–H and O–H groups in total. The molecule has 186 valence electrons. The molecule has 3 heterocycles. The van der Waals surface area contributed by atoms with Crippen LogP contribution in [0.15, 0.2) is 23.5 Å². The van der Waals surface area contributed by atoms with E-state index in [1.165, 1.54) is 22.9 Å². The first-order valence-electron chi connectivity index (χ1n) is 10.6. The number of nitrogens with zero attached hydrogens (tertiary/aromatic N) is 3. The number of likely N-dealkylation sites (tertiary alicyclic amines) is 1. The zero-order chi connectivity index (χ0) is 25.1. The van der Waals surface area contributed by atoms with Gasteiger partial charge in [-0.25, -0.2) is 14.2 Å². The van der Waals surface area contributed by atoms with E-state index >= 15 is 0 Å². The highest BCUT2D eigenvalue weighted by atomic mass is 32.2. The largest absolute Gasteiger partial charge is 0.447 e. The van der Waals surface area contributed by atoms with Crippen LogP contribution in [0.5, 0.6) is 0 Å². The second-order valence-electron chi connectivity index (χ2n) is 8.92. The predicted molar refractivity (Wildman–Crippen MR) is 123 cm³/mol. The number of anilines is 1.